The first-order chi connectivity index (χ1) is 8.90. The van der Waals surface area contributed by atoms with Crippen molar-refractivity contribution in [1.29, 1.82) is 0 Å². The molecule has 2 aromatic rings. The number of hydrogen-bond donors (Lipinski definition) is 0. The van der Waals surface area contributed by atoms with Crippen LogP contribution in [0.1, 0.15) is 38.2 Å². The molecule has 0 saturated heterocycles. The summed E-state index contributed by atoms with van der Waals surface area (Å²) >= 11 is 10.2. The van der Waals surface area contributed by atoms with E-state index in [-0.39, 0.29) is 4.83 Å². The van der Waals surface area contributed by atoms with Gasteiger partial charge in [0.05, 0.1) is 4.83 Å². The van der Waals surface area contributed by atoms with Crippen molar-refractivity contribution in [3.63, 3.8) is 0 Å². The molecule has 0 fully saturated rings. The summed E-state index contributed by atoms with van der Waals surface area (Å²) in [5, 5.41) is 0.825. The van der Waals surface area contributed by atoms with Crippen LogP contribution in [0.4, 0.5) is 0 Å². The molecule has 0 spiro atoms. The fourth-order valence-electron chi connectivity index (χ4n) is 2.20. The zero-order valence-corrected chi connectivity index (χ0v) is 14.1. The molecule has 19 heavy (non-hydrogen) atoms. The molecule has 0 saturated carbocycles. The largest absolute Gasteiger partial charge is 0.0840 e. The fraction of sp³-hybridized carbons (Fsp3) is 0.294. The number of rotatable bonds is 2. The number of hydrogen-bond acceptors (Lipinski definition) is 0. The Morgan fingerprint density at radius 3 is 2.16 bits per heavy atom. The highest BCUT2D eigenvalue weighted by atomic mass is 79.9. The molecule has 0 aliphatic carbocycles. The van der Waals surface area contributed by atoms with Gasteiger partial charge in [0.25, 0.3) is 0 Å². The normalized spacial score (nSPS) is 12.5. The molecule has 2 heteroatoms. The van der Waals surface area contributed by atoms with Crippen LogP contribution in [0.25, 0.3) is 0 Å². The molecule has 100 valence electrons. The minimum Gasteiger partial charge on any atom is -0.0840 e. The Balaban J connectivity index is 2.52. The molecule has 2 aromatic carbocycles. The SMILES string of the molecule is Cc1ccc(C)c(C(Br)c2cc(C)c(C)cc2Cl)c1. The van der Waals surface area contributed by atoms with Crippen LogP contribution < -0.4 is 0 Å². The van der Waals surface area contributed by atoms with E-state index in [2.05, 4.69) is 67.9 Å². The minimum absolute atomic E-state index is 0.138. The maximum absolute atomic E-state index is 6.41. The zero-order chi connectivity index (χ0) is 14.2. The van der Waals surface area contributed by atoms with Crippen molar-refractivity contribution in [2.45, 2.75) is 32.5 Å². The average Bonchev–Trinajstić information content (AvgIpc) is 2.36. The second kappa shape index (κ2) is 5.68. The predicted octanol–water partition coefficient (Wildman–Crippen LogP) is 6.06. The molecule has 0 heterocycles. The second-order valence-electron chi connectivity index (χ2n) is 5.18. The summed E-state index contributed by atoms with van der Waals surface area (Å²) in [6.45, 7) is 8.47. The highest BCUT2D eigenvalue weighted by Crippen LogP contribution is 2.38. The maximum Gasteiger partial charge on any atom is 0.0661 e. The number of benzene rings is 2. The third-order valence-corrected chi connectivity index (χ3v) is 4.91. The van der Waals surface area contributed by atoms with Crippen LogP contribution >= 0.6 is 27.5 Å². The summed E-state index contributed by atoms with van der Waals surface area (Å²) in [6, 6.07) is 10.7. The molecule has 0 radical (unpaired) electrons. The van der Waals surface area contributed by atoms with Gasteiger partial charge in [-0.2, -0.15) is 0 Å². The van der Waals surface area contributed by atoms with Gasteiger partial charge in [-0.25, -0.2) is 0 Å². The van der Waals surface area contributed by atoms with Gasteiger partial charge in [-0.3, -0.25) is 0 Å². The predicted molar refractivity (Wildman–Crippen MR) is 87.6 cm³/mol. The number of aryl methyl sites for hydroxylation is 4. The molecule has 1 atom stereocenters. The summed E-state index contributed by atoms with van der Waals surface area (Å²) in [4.78, 5) is 0.138. The van der Waals surface area contributed by atoms with Crippen molar-refractivity contribution < 1.29 is 0 Å². The maximum atomic E-state index is 6.41. The molecule has 1 unspecified atom stereocenters. The monoisotopic (exact) mass is 336 g/mol. The van der Waals surface area contributed by atoms with Crippen molar-refractivity contribution in [1.82, 2.24) is 0 Å². The summed E-state index contributed by atoms with van der Waals surface area (Å²) in [7, 11) is 0. The van der Waals surface area contributed by atoms with Crippen molar-refractivity contribution in [2.24, 2.45) is 0 Å². The Hall–Kier alpha value is -0.790. The van der Waals surface area contributed by atoms with Crippen LogP contribution in [0.3, 0.4) is 0 Å². The minimum atomic E-state index is 0.138. The lowest BCUT2D eigenvalue weighted by molar-refractivity contribution is 1.12. The summed E-state index contributed by atoms with van der Waals surface area (Å²) in [5.41, 5.74) is 7.47. The van der Waals surface area contributed by atoms with Gasteiger partial charge in [0.2, 0.25) is 0 Å². The molecule has 0 aromatic heterocycles. The molecule has 2 rings (SSSR count). The quantitative estimate of drug-likeness (QED) is 0.584. The van der Waals surface area contributed by atoms with E-state index in [0.717, 1.165) is 10.6 Å². The van der Waals surface area contributed by atoms with E-state index in [1.807, 2.05) is 6.07 Å². The van der Waals surface area contributed by atoms with Crippen LogP contribution in [0.15, 0.2) is 30.3 Å². The highest BCUT2D eigenvalue weighted by Gasteiger charge is 2.16. The van der Waals surface area contributed by atoms with E-state index in [4.69, 9.17) is 11.6 Å². The molecule has 0 nitrogen and oxygen atoms in total. The van der Waals surface area contributed by atoms with Gasteiger partial charge in [0, 0.05) is 5.02 Å². The van der Waals surface area contributed by atoms with Crippen LogP contribution in [0.2, 0.25) is 5.02 Å². The van der Waals surface area contributed by atoms with E-state index in [9.17, 15) is 0 Å². The lowest BCUT2D eigenvalue weighted by atomic mass is 9.96. The van der Waals surface area contributed by atoms with Crippen LogP contribution in [0, 0.1) is 27.7 Å². The van der Waals surface area contributed by atoms with Crippen LogP contribution in [-0.2, 0) is 0 Å². The van der Waals surface area contributed by atoms with Crippen LogP contribution in [0.5, 0.6) is 0 Å². The van der Waals surface area contributed by atoms with E-state index in [1.54, 1.807) is 0 Å². The molecular weight excluding hydrogens is 320 g/mol. The first-order valence-electron chi connectivity index (χ1n) is 6.38. The van der Waals surface area contributed by atoms with Crippen molar-refractivity contribution in [3.05, 3.63) is 68.7 Å². The fourth-order valence-corrected chi connectivity index (χ4v) is 3.53. The van der Waals surface area contributed by atoms with E-state index >= 15 is 0 Å². The van der Waals surface area contributed by atoms with E-state index in [1.165, 1.54) is 27.8 Å². The third kappa shape index (κ3) is 3.04. The van der Waals surface area contributed by atoms with Gasteiger partial charge in [-0.1, -0.05) is 57.4 Å². The Labute approximate surface area is 128 Å². The topological polar surface area (TPSA) is 0 Å². The smallest absolute Gasteiger partial charge is 0.0661 e. The van der Waals surface area contributed by atoms with Gasteiger partial charge >= 0.3 is 0 Å². The van der Waals surface area contributed by atoms with Gasteiger partial charge < -0.3 is 0 Å². The van der Waals surface area contributed by atoms with Crippen molar-refractivity contribution >= 4 is 27.5 Å². The Morgan fingerprint density at radius 2 is 1.47 bits per heavy atom. The number of halogens is 2. The van der Waals surface area contributed by atoms with Gasteiger partial charge in [0.1, 0.15) is 0 Å². The third-order valence-electron chi connectivity index (χ3n) is 3.59. The lowest BCUT2D eigenvalue weighted by Gasteiger charge is -2.17. The van der Waals surface area contributed by atoms with Gasteiger partial charge in [0.15, 0.2) is 0 Å². The first-order valence-corrected chi connectivity index (χ1v) is 7.67. The Morgan fingerprint density at radius 1 is 0.842 bits per heavy atom. The zero-order valence-electron chi connectivity index (χ0n) is 11.7. The average molecular weight is 338 g/mol. The summed E-state index contributed by atoms with van der Waals surface area (Å²) in [5.74, 6) is 0. The molecular formula is C17H18BrCl. The first kappa shape index (κ1) is 14.6. The lowest BCUT2D eigenvalue weighted by Crippen LogP contribution is -1.99. The molecule has 0 amide bonds. The second-order valence-corrected chi connectivity index (χ2v) is 6.50. The highest BCUT2D eigenvalue weighted by molar-refractivity contribution is 9.09. The van der Waals surface area contributed by atoms with Gasteiger partial charge in [-0.15, -0.1) is 0 Å². The van der Waals surface area contributed by atoms with Crippen LogP contribution in [-0.4, -0.2) is 0 Å². The molecule has 0 N–H and O–H groups in total. The molecule has 0 aliphatic rings. The van der Waals surface area contributed by atoms with Crippen molar-refractivity contribution in [2.75, 3.05) is 0 Å². The summed E-state index contributed by atoms with van der Waals surface area (Å²) < 4.78 is 0. The van der Waals surface area contributed by atoms with Gasteiger partial charge in [-0.05, 0) is 61.6 Å². The molecule has 0 aliphatic heterocycles. The van der Waals surface area contributed by atoms with E-state index in [0.29, 0.717) is 0 Å². The van der Waals surface area contributed by atoms with E-state index < -0.39 is 0 Å². The molecule has 0 bridgehead atoms. The standard InChI is InChI=1S/C17H18BrCl/c1-10-5-6-11(2)14(7-10)17(18)15-8-12(3)13(4)9-16(15)19/h5-9,17H,1-4H3. The Bertz CT molecular complexity index is 617. The number of alkyl halides is 1. The van der Waals surface area contributed by atoms with Crippen molar-refractivity contribution in [3.8, 4) is 0 Å². The summed E-state index contributed by atoms with van der Waals surface area (Å²) in [6.07, 6.45) is 0. The Kier molecular flexibility index (Phi) is 4.37.